The summed E-state index contributed by atoms with van der Waals surface area (Å²) in [6.07, 6.45) is -1.96. The molecule has 0 unspecified atom stereocenters. The molecule has 105 heavy (non-hydrogen) atoms. The Hall–Kier alpha value is -9.59. The fraction of sp³-hybridized carbons (Fsp3) is 0.487. The number of Topliss-reactive ketones (excluding diaryl/α,β-unsaturated/α-hetero) is 2. The molecule has 10 atom stereocenters. The molecule has 4 aromatic heterocycles. The second kappa shape index (κ2) is 30.1. The number of nitrogens with one attached hydrogen (secondary N) is 2. The number of ketones is 2. The molecule has 0 bridgehead atoms. The highest BCUT2D eigenvalue weighted by atomic mass is 35.5. The van der Waals surface area contributed by atoms with Crippen molar-refractivity contribution in [2.24, 2.45) is 22.7 Å². The lowest BCUT2D eigenvalue weighted by molar-refractivity contribution is -0.164. The number of nitrogens with zero attached hydrogens (tertiary/aromatic N) is 6. The number of fused-ring (bicyclic) bond motifs is 10. The van der Waals surface area contributed by atoms with Crippen LogP contribution in [0.3, 0.4) is 0 Å². The number of carbonyl (C=O) groups is 8. The number of esters is 1. The minimum absolute atomic E-state index is 0. The second-order valence-corrected chi connectivity index (χ2v) is 30.1. The molecule has 8 heterocycles. The number of para-hydroxylation sites is 2. The van der Waals surface area contributed by atoms with Crippen molar-refractivity contribution >= 4 is 103 Å². The molecule has 27 heteroatoms. The minimum Gasteiger partial charge on any atom is -0.481 e. The Morgan fingerprint density at radius 2 is 0.933 bits per heavy atom. The van der Waals surface area contributed by atoms with E-state index in [1.54, 1.807) is 34.6 Å². The van der Waals surface area contributed by atoms with E-state index in [2.05, 4.69) is 20.9 Å². The normalized spacial score (nSPS) is 26.5. The Morgan fingerprint density at radius 3 is 1.34 bits per heavy atom. The Morgan fingerprint density at radius 1 is 0.543 bits per heavy atom. The van der Waals surface area contributed by atoms with Gasteiger partial charge in [0.05, 0.1) is 47.0 Å². The van der Waals surface area contributed by atoms with Crippen LogP contribution in [0.1, 0.15) is 169 Å². The number of ether oxygens (including phenoxy) is 3. The van der Waals surface area contributed by atoms with E-state index in [-0.39, 0.29) is 94.7 Å². The smallest absolute Gasteiger partial charge is 0.313 e. The van der Waals surface area contributed by atoms with Crippen LogP contribution in [0.5, 0.6) is 11.8 Å². The van der Waals surface area contributed by atoms with Gasteiger partial charge in [0.1, 0.15) is 41.4 Å². The number of benzene rings is 4. The first-order valence-corrected chi connectivity index (χ1v) is 35.8. The third-order valence-corrected chi connectivity index (χ3v) is 21.3. The quantitative estimate of drug-likeness (QED) is 0.0651. The summed E-state index contributed by atoms with van der Waals surface area (Å²) in [5.74, 6) is -11.6. The van der Waals surface area contributed by atoms with Gasteiger partial charge in [-0.3, -0.25) is 38.4 Å². The Bertz CT molecular complexity index is 4660. The summed E-state index contributed by atoms with van der Waals surface area (Å²) in [6, 6.07) is 29.1. The molecule has 3 N–H and O–H groups in total. The average Bonchev–Trinajstić information content (AvgIpc) is 1.61. The predicted molar refractivity (Wildman–Crippen MR) is 379 cm³/mol. The number of carboxylic acids is 1. The fourth-order valence-corrected chi connectivity index (χ4v) is 15.8. The van der Waals surface area contributed by atoms with Gasteiger partial charge >= 0.3 is 11.9 Å². The van der Waals surface area contributed by atoms with Crippen LogP contribution in [0.15, 0.2) is 118 Å². The molecule has 2 saturated carbocycles. The summed E-state index contributed by atoms with van der Waals surface area (Å²) in [7, 11) is 0. The zero-order chi connectivity index (χ0) is 73.6. The van der Waals surface area contributed by atoms with Crippen molar-refractivity contribution < 1.29 is 84.3 Å². The molecule has 4 aromatic carbocycles. The van der Waals surface area contributed by atoms with Crippen molar-refractivity contribution in [1.82, 2.24) is 40.7 Å². The zero-order valence-electron chi connectivity index (χ0n) is 59.0. The molecule has 0 spiro atoms. The number of hydrogen-bond donors (Lipinski definition) is 3. The largest absolute Gasteiger partial charge is 0.481 e. The number of aromatic nitrogens is 4. The van der Waals surface area contributed by atoms with Crippen LogP contribution in [0, 0.1) is 36.5 Å². The number of halogens is 5. The summed E-state index contributed by atoms with van der Waals surface area (Å²) in [5.41, 5.74) is -2.59. The lowest BCUT2D eigenvalue weighted by Gasteiger charge is -2.30. The van der Waals surface area contributed by atoms with E-state index in [9.17, 15) is 43.5 Å². The highest BCUT2D eigenvalue weighted by Gasteiger charge is 2.66. The summed E-state index contributed by atoms with van der Waals surface area (Å²) in [6.45, 7) is 8.31. The van der Waals surface area contributed by atoms with Gasteiger partial charge in [-0.25, -0.2) is 27.5 Å². The van der Waals surface area contributed by atoms with Crippen LogP contribution in [0.25, 0.3) is 43.4 Å². The zero-order valence-corrected chi connectivity index (χ0v) is 59.8. The van der Waals surface area contributed by atoms with Crippen LogP contribution >= 0.6 is 12.4 Å². The molecule has 8 aromatic rings. The van der Waals surface area contributed by atoms with Gasteiger partial charge in [-0.2, -0.15) is 0 Å². The van der Waals surface area contributed by atoms with E-state index < -0.39 is 156 Å². The van der Waals surface area contributed by atoms with Crippen molar-refractivity contribution in [3.63, 3.8) is 0 Å². The molecule has 556 valence electrons. The highest BCUT2D eigenvalue weighted by Crippen LogP contribution is 2.62. The van der Waals surface area contributed by atoms with Gasteiger partial charge in [0.2, 0.25) is 35.4 Å². The summed E-state index contributed by atoms with van der Waals surface area (Å²) >= 11 is 0. The topological polar surface area (TPSA) is 293 Å². The SMILES string of the molecule is Cc1cc(C(=O)N[C@H]2CCCCCC(F)(F)C[C@@H]3C[C@@]3(C(=O)O)CC(=O)[C@@H]3C[C@@H](Oc4nc5ccccc5c5ccccc45)CN3C2=O)no1.Cc1cc(C(=O)N[C@H]2CCCCCC(F)(F)C[C@@H]3C[C@@]3(C(=O)OC(C)(C)C)CC(=O)[C@@H]3C[C@@H](Oc4nc5ccccc5c5ccccc45)CN3C2=O)no1.Cl. The van der Waals surface area contributed by atoms with E-state index in [0.717, 1.165) is 32.3 Å². The van der Waals surface area contributed by atoms with Gasteiger partial charge in [0.25, 0.3) is 11.8 Å². The van der Waals surface area contributed by atoms with Gasteiger partial charge in [-0.15, -0.1) is 12.4 Å². The van der Waals surface area contributed by atoms with Crippen molar-refractivity contribution in [1.29, 1.82) is 0 Å². The highest BCUT2D eigenvalue weighted by molar-refractivity contribution is 6.09. The molecule has 4 amide bonds. The molecule has 0 radical (unpaired) electrons. The van der Waals surface area contributed by atoms with E-state index in [4.69, 9.17) is 33.2 Å². The molecule has 22 nitrogen and oxygen atoms in total. The van der Waals surface area contributed by atoms with E-state index in [1.807, 2.05) is 97.1 Å². The number of carboxylic acid groups (broad SMARTS) is 1. The fourth-order valence-electron chi connectivity index (χ4n) is 15.8. The van der Waals surface area contributed by atoms with Gasteiger partial charge in [0.15, 0.2) is 23.0 Å². The third kappa shape index (κ3) is 16.4. The molecule has 14 rings (SSSR count). The number of amides is 4. The lowest BCUT2D eigenvalue weighted by atomic mass is 9.89. The molecule has 4 aliphatic heterocycles. The van der Waals surface area contributed by atoms with E-state index in [0.29, 0.717) is 60.0 Å². The maximum Gasteiger partial charge on any atom is 0.313 e. The second-order valence-electron chi connectivity index (χ2n) is 30.1. The first-order chi connectivity index (χ1) is 49.6. The molecule has 4 saturated heterocycles. The minimum atomic E-state index is -3.09. The number of rotatable bonds is 10. The monoisotopic (exact) mass is 1470 g/mol. The van der Waals surface area contributed by atoms with Crippen LogP contribution < -0.4 is 20.1 Å². The molecular formula is C78H85ClF4N8O14. The molecular weight excluding hydrogens is 1380 g/mol. The molecule has 6 aliphatic rings. The number of aliphatic carboxylic acids is 1. The average molecular weight is 1470 g/mol. The van der Waals surface area contributed by atoms with Crippen LogP contribution in [-0.2, 0) is 33.5 Å². The van der Waals surface area contributed by atoms with Crippen LogP contribution in [-0.4, -0.2) is 149 Å². The Kier molecular flexibility index (Phi) is 21.5. The standard InChI is InChI=1S/C41H46F2N4O7.C37H38F2N4O7.ClH/c1-24-18-32(46-54-24)35(49)44-31-16-6-5-11-17-41(42,43)21-25-20-40(25,38(51)53-39(2,3)4)22-34(48)33-19-26(23-47(33)37(31)50)52-36-29-14-8-7-12-27(29)28-13-9-10-15-30(28)45-36;1-21-15-29(42-50-21)32(45)40-28-13-3-2-8-14-37(38,39)18-22-17-36(22,35(47)48)19-31(44)30-16-23(20-43(30)34(28)46)49-33-26-11-5-4-9-24(26)25-10-6-7-12-27(25)41-33;/h7-10,12-15,18,25-26,31,33H,5-6,11,16-17,19-23H2,1-4H3,(H,44,49);4-7,9-12,15,22-23,28,30H,2-3,8,13-14,16-20H2,1H3,(H,40,45)(H,47,48);1H/t25-,26+,31-,33-,40+;22-,23+,28-,30-,36+;/m00./s1. The number of pyridine rings is 2. The summed E-state index contributed by atoms with van der Waals surface area (Å²) in [5, 5.41) is 28.4. The molecule has 6 fully saturated rings. The van der Waals surface area contributed by atoms with E-state index in [1.165, 1.54) is 21.9 Å². The number of alkyl halides is 4. The van der Waals surface area contributed by atoms with Crippen molar-refractivity contribution in [3.05, 3.63) is 132 Å². The van der Waals surface area contributed by atoms with E-state index >= 15 is 17.6 Å². The number of hydrogen-bond acceptors (Lipinski definition) is 17. The van der Waals surface area contributed by atoms with Gasteiger partial charge < -0.3 is 48.8 Å². The van der Waals surface area contributed by atoms with Crippen LogP contribution in [0.4, 0.5) is 17.6 Å². The Balaban J connectivity index is 0.000000196. The van der Waals surface area contributed by atoms with Gasteiger partial charge in [-0.05, 0) is 120 Å². The first kappa shape index (κ1) is 75.1. The third-order valence-electron chi connectivity index (χ3n) is 21.3. The predicted octanol–water partition coefficient (Wildman–Crippen LogP) is 13.4. The van der Waals surface area contributed by atoms with Crippen LogP contribution in [0.2, 0.25) is 0 Å². The Labute approximate surface area is 608 Å². The lowest BCUT2D eigenvalue weighted by Crippen LogP contribution is -2.52. The summed E-state index contributed by atoms with van der Waals surface area (Å²) in [4.78, 5) is 123. The van der Waals surface area contributed by atoms with Gasteiger partial charge in [0, 0.05) is 85.0 Å². The first-order valence-electron chi connectivity index (χ1n) is 35.8. The molecule has 2 aliphatic carbocycles. The summed E-state index contributed by atoms with van der Waals surface area (Å²) < 4.78 is 89.7. The maximum atomic E-state index is 15.4. The van der Waals surface area contributed by atoms with Crippen molar-refractivity contribution in [2.45, 2.75) is 204 Å². The van der Waals surface area contributed by atoms with Crippen molar-refractivity contribution in [3.8, 4) is 11.8 Å². The van der Waals surface area contributed by atoms with Gasteiger partial charge in [-0.1, -0.05) is 109 Å². The van der Waals surface area contributed by atoms with Crippen molar-refractivity contribution in [2.75, 3.05) is 13.1 Å². The number of aryl methyl sites for hydroxylation is 2. The maximum absolute atomic E-state index is 15.4. The number of carbonyl (C=O) groups excluding carboxylic acids is 7.